The minimum Gasteiger partial charge on any atom is -0.494 e. The number of hydrogen-bond acceptors (Lipinski definition) is 2. The second-order valence-corrected chi connectivity index (χ2v) is 8.76. The van der Waals surface area contributed by atoms with E-state index < -0.39 is 10.8 Å². The van der Waals surface area contributed by atoms with E-state index in [1.165, 1.54) is 13.2 Å². The van der Waals surface area contributed by atoms with Crippen LogP contribution in [0.15, 0.2) is 30.4 Å². The molecule has 0 spiro atoms. The Labute approximate surface area is 136 Å². The molecule has 4 heteroatoms. The Morgan fingerprint density at radius 1 is 1.36 bits per heavy atom. The van der Waals surface area contributed by atoms with Crippen molar-refractivity contribution in [1.29, 1.82) is 0 Å². The SMILES string of the molecule is CC/C=C/C([C@H](C)c1ccc(F)c(OC)c1)S(=O)C(C)(C)C. The average molecular weight is 326 g/mol. The van der Waals surface area contributed by atoms with Crippen molar-refractivity contribution in [2.75, 3.05) is 7.11 Å². The van der Waals surface area contributed by atoms with Crippen molar-refractivity contribution >= 4 is 10.8 Å². The molecule has 0 aromatic heterocycles. The molecule has 22 heavy (non-hydrogen) atoms. The summed E-state index contributed by atoms with van der Waals surface area (Å²) < 4.78 is 31.2. The first-order valence-corrected chi connectivity index (χ1v) is 8.84. The van der Waals surface area contributed by atoms with E-state index in [0.29, 0.717) is 0 Å². The van der Waals surface area contributed by atoms with Crippen LogP contribution in [0.2, 0.25) is 0 Å². The number of methoxy groups -OCH3 is 1. The number of hydrogen-bond donors (Lipinski definition) is 0. The summed E-state index contributed by atoms with van der Waals surface area (Å²) in [6, 6.07) is 4.85. The maximum absolute atomic E-state index is 13.6. The summed E-state index contributed by atoms with van der Waals surface area (Å²) in [5, 5.41) is -0.116. The molecule has 124 valence electrons. The maximum Gasteiger partial charge on any atom is 0.165 e. The van der Waals surface area contributed by atoms with Crippen molar-refractivity contribution in [2.45, 2.75) is 57.0 Å². The van der Waals surface area contributed by atoms with Crippen LogP contribution in [0.5, 0.6) is 5.75 Å². The van der Waals surface area contributed by atoms with Crippen LogP contribution < -0.4 is 4.74 Å². The molecule has 0 aliphatic heterocycles. The number of ether oxygens (including phenoxy) is 1. The monoisotopic (exact) mass is 326 g/mol. The van der Waals surface area contributed by atoms with Gasteiger partial charge in [0, 0.05) is 15.5 Å². The molecule has 0 heterocycles. The zero-order valence-corrected chi connectivity index (χ0v) is 15.2. The molecular formula is C18H27FO2S. The van der Waals surface area contributed by atoms with E-state index in [4.69, 9.17) is 4.74 Å². The zero-order valence-electron chi connectivity index (χ0n) is 14.4. The minimum absolute atomic E-state index is 0.0114. The highest BCUT2D eigenvalue weighted by Gasteiger charge is 2.31. The molecule has 0 radical (unpaired) electrons. The van der Waals surface area contributed by atoms with Crippen LogP contribution in [0, 0.1) is 5.82 Å². The summed E-state index contributed by atoms with van der Waals surface area (Å²) in [7, 11) is 0.411. The minimum atomic E-state index is -1.04. The second kappa shape index (κ2) is 7.91. The fourth-order valence-electron chi connectivity index (χ4n) is 2.25. The maximum atomic E-state index is 13.6. The lowest BCUT2D eigenvalue weighted by atomic mass is 9.96. The van der Waals surface area contributed by atoms with E-state index in [-0.39, 0.29) is 27.5 Å². The number of benzene rings is 1. The Balaban J connectivity index is 3.19. The van der Waals surface area contributed by atoms with Gasteiger partial charge in [0.1, 0.15) is 0 Å². The summed E-state index contributed by atoms with van der Waals surface area (Å²) in [5.41, 5.74) is 0.932. The molecule has 2 unspecified atom stereocenters. The van der Waals surface area contributed by atoms with Gasteiger partial charge in [-0.15, -0.1) is 0 Å². The van der Waals surface area contributed by atoms with Crippen LogP contribution in [0.4, 0.5) is 4.39 Å². The highest BCUT2D eigenvalue weighted by atomic mass is 32.2. The van der Waals surface area contributed by atoms with E-state index in [9.17, 15) is 8.60 Å². The topological polar surface area (TPSA) is 26.3 Å². The normalized spacial score (nSPS) is 16.5. The van der Waals surface area contributed by atoms with Crippen molar-refractivity contribution < 1.29 is 13.3 Å². The number of rotatable bonds is 6. The van der Waals surface area contributed by atoms with Crippen LogP contribution in [-0.2, 0) is 10.8 Å². The van der Waals surface area contributed by atoms with Crippen molar-refractivity contribution in [3.05, 3.63) is 41.7 Å². The summed E-state index contributed by atoms with van der Waals surface area (Å²) in [6.07, 6.45) is 4.98. The first kappa shape index (κ1) is 18.9. The molecule has 3 atom stereocenters. The van der Waals surface area contributed by atoms with Gasteiger partial charge in [-0.3, -0.25) is 4.21 Å². The van der Waals surface area contributed by atoms with Gasteiger partial charge in [0.15, 0.2) is 11.6 Å². The Morgan fingerprint density at radius 3 is 2.50 bits per heavy atom. The third kappa shape index (κ3) is 4.67. The van der Waals surface area contributed by atoms with Gasteiger partial charge in [-0.2, -0.15) is 0 Å². The molecule has 0 amide bonds. The third-order valence-electron chi connectivity index (χ3n) is 3.61. The molecule has 0 saturated heterocycles. The highest BCUT2D eigenvalue weighted by molar-refractivity contribution is 7.87. The van der Waals surface area contributed by atoms with Crippen LogP contribution in [0.25, 0.3) is 0 Å². The smallest absolute Gasteiger partial charge is 0.165 e. The Morgan fingerprint density at radius 2 is 2.00 bits per heavy atom. The lowest BCUT2D eigenvalue weighted by molar-refractivity contribution is 0.385. The quantitative estimate of drug-likeness (QED) is 0.701. The highest BCUT2D eigenvalue weighted by Crippen LogP contribution is 2.31. The molecule has 1 aromatic rings. The van der Waals surface area contributed by atoms with Crippen LogP contribution >= 0.6 is 0 Å². The van der Waals surface area contributed by atoms with Gasteiger partial charge >= 0.3 is 0 Å². The van der Waals surface area contributed by atoms with Crippen molar-refractivity contribution in [1.82, 2.24) is 0 Å². The lowest BCUT2D eigenvalue weighted by Gasteiger charge is -2.28. The fraction of sp³-hybridized carbons (Fsp3) is 0.556. The zero-order chi connectivity index (χ0) is 16.9. The lowest BCUT2D eigenvalue weighted by Crippen LogP contribution is -2.33. The Bertz CT molecular complexity index is 547. The molecular weight excluding hydrogens is 299 g/mol. The van der Waals surface area contributed by atoms with Gasteiger partial charge in [0.25, 0.3) is 0 Å². The summed E-state index contributed by atoms with van der Waals surface area (Å²) in [5.74, 6) is -0.141. The van der Waals surface area contributed by atoms with Gasteiger partial charge < -0.3 is 4.74 Å². The molecule has 0 aliphatic rings. The van der Waals surface area contributed by atoms with Crippen molar-refractivity contribution in [3.8, 4) is 5.75 Å². The molecule has 2 nitrogen and oxygen atoms in total. The second-order valence-electron chi connectivity index (χ2n) is 6.39. The summed E-state index contributed by atoms with van der Waals surface area (Å²) in [4.78, 5) is 0. The Hall–Kier alpha value is -1.16. The van der Waals surface area contributed by atoms with Crippen molar-refractivity contribution in [3.63, 3.8) is 0 Å². The molecule has 0 N–H and O–H groups in total. The van der Waals surface area contributed by atoms with Crippen LogP contribution in [-0.4, -0.2) is 21.3 Å². The number of allylic oxidation sites excluding steroid dienone is 1. The van der Waals surface area contributed by atoms with E-state index in [1.807, 2.05) is 39.8 Å². The van der Waals surface area contributed by atoms with Gasteiger partial charge in [-0.1, -0.05) is 32.1 Å². The van der Waals surface area contributed by atoms with Crippen LogP contribution in [0.1, 0.15) is 52.5 Å². The largest absolute Gasteiger partial charge is 0.494 e. The van der Waals surface area contributed by atoms with E-state index in [1.54, 1.807) is 12.1 Å². The van der Waals surface area contributed by atoms with E-state index in [0.717, 1.165) is 12.0 Å². The summed E-state index contributed by atoms with van der Waals surface area (Å²) in [6.45, 7) is 10.0. The molecule has 0 bridgehead atoms. The van der Waals surface area contributed by atoms with Crippen LogP contribution in [0.3, 0.4) is 0 Å². The predicted molar refractivity (Wildman–Crippen MR) is 92.5 cm³/mol. The summed E-state index contributed by atoms with van der Waals surface area (Å²) >= 11 is 0. The third-order valence-corrected chi connectivity index (χ3v) is 5.87. The Kier molecular flexibility index (Phi) is 6.79. The van der Waals surface area contributed by atoms with Gasteiger partial charge in [0.05, 0.1) is 12.4 Å². The van der Waals surface area contributed by atoms with Gasteiger partial charge in [-0.25, -0.2) is 4.39 Å². The molecule has 0 fully saturated rings. The first-order valence-electron chi connectivity index (χ1n) is 7.63. The molecule has 1 rings (SSSR count). The van der Waals surface area contributed by atoms with Gasteiger partial charge in [0.2, 0.25) is 0 Å². The standard InChI is InChI=1S/C18H27FO2S/c1-7-8-9-17(22(20)18(3,4)5)13(2)14-10-11-15(19)16(12-14)21-6/h8-13,17H,7H2,1-6H3/b9-8+/t13-,17?,22?/m1/s1. The fourth-order valence-corrected chi connectivity index (χ4v) is 3.85. The van der Waals surface area contributed by atoms with E-state index in [2.05, 4.69) is 6.92 Å². The number of halogens is 1. The van der Waals surface area contributed by atoms with E-state index >= 15 is 0 Å². The average Bonchev–Trinajstić information content (AvgIpc) is 2.46. The molecule has 0 aliphatic carbocycles. The van der Waals surface area contributed by atoms with Crippen molar-refractivity contribution in [2.24, 2.45) is 0 Å². The molecule has 1 aromatic carbocycles. The predicted octanol–water partition coefficient (Wildman–Crippen LogP) is 4.82. The van der Waals surface area contributed by atoms with Gasteiger partial charge in [-0.05, 0) is 50.8 Å². The molecule has 0 saturated carbocycles. The first-order chi connectivity index (χ1) is 10.2.